The zero-order chi connectivity index (χ0) is 15.0. The summed E-state index contributed by atoms with van der Waals surface area (Å²) in [4.78, 5) is 34.2. The average Bonchev–Trinajstić information content (AvgIpc) is 2.47. The van der Waals surface area contributed by atoms with E-state index in [4.69, 9.17) is 4.74 Å². The third-order valence-corrected chi connectivity index (χ3v) is 2.73. The molecule has 0 aliphatic rings. The highest BCUT2D eigenvalue weighted by Crippen LogP contribution is 2.10. The van der Waals surface area contributed by atoms with Crippen LogP contribution in [0.4, 0.5) is 0 Å². The van der Waals surface area contributed by atoms with E-state index < -0.39 is 5.97 Å². The number of methoxy groups -OCH3 is 1. The molecule has 108 valence electrons. The van der Waals surface area contributed by atoms with Gasteiger partial charge in [0.25, 0.3) is 0 Å². The molecule has 5 nitrogen and oxygen atoms in total. The molecule has 1 rings (SSSR count). The summed E-state index contributed by atoms with van der Waals surface area (Å²) in [6, 6.07) is 6.30. The van der Waals surface area contributed by atoms with Crippen LogP contribution in [0.15, 0.2) is 24.3 Å². The van der Waals surface area contributed by atoms with Gasteiger partial charge in [0.15, 0.2) is 5.78 Å². The molecule has 0 atom stereocenters. The molecule has 5 heteroatoms. The fourth-order valence-corrected chi connectivity index (χ4v) is 1.65. The van der Waals surface area contributed by atoms with E-state index in [1.54, 1.807) is 31.2 Å². The van der Waals surface area contributed by atoms with E-state index in [0.29, 0.717) is 24.2 Å². The number of ether oxygens (including phenoxy) is 2. The van der Waals surface area contributed by atoms with Gasteiger partial charge in [-0.1, -0.05) is 12.1 Å². The number of benzene rings is 1. The monoisotopic (exact) mass is 278 g/mol. The minimum Gasteiger partial charge on any atom is -0.469 e. The van der Waals surface area contributed by atoms with Crippen LogP contribution in [0.3, 0.4) is 0 Å². The van der Waals surface area contributed by atoms with E-state index in [1.165, 1.54) is 7.11 Å². The summed E-state index contributed by atoms with van der Waals surface area (Å²) >= 11 is 0. The Morgan fingerprint density at radius 2 is 1.60 bits per heavy atom. The first kappa shape index (κ1) is 15.9. The Labute approximate surface area is 117 Å². The highest BCUT2D eigenvalue weighted by Gasteiger charge is 2.10. The molecule has 0 amide bonds. The molecule has 20 heavy (non-hydrogen) atoms. The number of Topliss-reactive ketones (excluding diaryl/α,β-unsaturated/α-hetero) is 1. The van der Waals surface area contributed by atoms with Crippen molar-refractivity contribution in [1.82, 2.24) is 0 Å². The molecule has 0 heterocycles. The fraction of sp³-hybridized carbons (Fsp3) is 0.400. The normalized spacial score (nSPS) is 9.90. The number of carbonyl (C=O) groups is 3. The van der Waals surface area contributed by atoms with Gasteiger partial charge in [0.1, 0.15) is 0 Å². The van der Waals surface area contributed by atoms with Gasteiger partial charge < -0.3 is 9.47 Å². The number of carbonyl (C=O) groups excluding carboxylic acids is 3. The maximum atomic E-state index is 11.9. The number of hydrogen-bond donors (Lipinski definition) is 0. The van der Waals surface area contributed by atoms with E-state index in [-0.39, 0.29) is 24.6 Å². The lowest BCUT2D eigenvalue weighted by molar-refractivity contribution is -0.140. The third kappa shape index (κ3) is 4.84. The Morgan fingerprint density at radius 3 is 2.15 bits per heavy atom. The molecule has 0 saturated heterocycles. The van der Waals surface area contributed by atoms with Crippen LogP contribution in [0.2, 0.25) is 0 Å². The Kier molecular flexibility index (Phi) is 6.43. The summed E-state index contributed by atoms with van der Waals surface area (Å²) in [6.07, 6.45) is 0.947. The Hall–Kier alpha value is -2.17. The second-order valence-corrected chi connectivity index (χ2v) is 4.15. The molecular weight excluding hydrogens is 260 g/mol. The molecule has 0 unspecified atom stereocenters. The molecule has 0 aliphatic carbocycles. The highest BCUT2D eigenvalue weighted by molar-refractivity contribution is 5.97. The summed E-state index contributed by atoms with van der Waals surface area (Å²) in [7, 11) is 1.32. The molecule has 0 saturated carbocycles. The van der Waals surface area contributed by atoms with Gasteiger partial charge in [0.2, 0.25) is 0 Å². The predicted molar refractivity (Wildman–Crippen MR) is 72.6 cm³/mol. The van der Waals surface area contributed by atoms with E-state index in [0.717, 1.165) is 0 Å². The highest BCUT2D eigenvalue weighted by atomic mass is 16.5. The summed E-state index contributed by atoms with van der Waals surface area (Å²) in [5.41, 5.74) is 0.931. The first-order chi connectivity index (χ1) is 9.58. The van der Waals surface area contributed by atoms with Gasteiger partial charge >= 0.3 is 11.9 Å². The van der Waals surface area contributed by atoms with E-state index in [1.807, 2.05) is 0 Å². The van der Waals surface area contributed by atoms with Gasteiger partial charge in [-0.2, -0.15) is 0 Å². The van der Waals surface area contributed by atoms with Crippen molar-refractivity contribution < 1.29 is 23.9 Å². The largest absolute Gasteiger partial charge is 0.469 e. The first-order valence-electron chi connectivity index (χ1n) is 6.45. The molecule has 0 aromatic heterocycles. The minimum absolute atomic E-state index is 0.0655. The van der Waals surface area contributed by atoms with Crippen molar-refractivity contribution in [2.24, 2.45) is 0 Å². The molecule has 0 radical (unpaired) electrons. The quantitative estimate of drug-likeness (QED) is 0.565. The zero-order valence-corrected chi connectivity index (χ0v) is 11.7. The zero-order valence-electron chi connectivity index (χ0n) is 11.7. The standard InChI is InChI=1S/C15H18O5/c1-3-20-15(18)12-9-7-11(8-10-12)13(16)5-4-6-14(17)19-2/h7-10H,3-6H2,1-2H3. The van der Waals surface area contributed by atoms with Gasteiger partial charge in [-0.25, -0.2) is 4.79 Å². The van der Waals surface area contributed by atoms with Crippen molar-refractivity contribution in [3.8, 4) is 0 Å². The summed E-state index contributed by atoms with van der Waals surface area (Å²) in [5, 5.41) is 0. The topological polar surface area (TPSA) is 69.7 Å². The molecule has 0 fully saturated rings. The Balaban J connectivity index is 2.53. The second kappa shape index (κ2) is 8.09. The van der Waals surface area contributed by atoms with Gasteiger partial charge in [-0.15, -0.1) is 0 Å². The van der Waals surface area contributed by atoms with Crippen LogP contribution in [0.1, 0.15) is 46.9 Å². The van der Waals surface area contributed by atoms with E-state index >= 15 is 0 Å². The number of ketones is 1. The lowest BCUT2D eigenvalue weighted by Crippen LogP contribution is -2.06. The maximum absolute atomic E-state index is 11.9. The van der Waals surface area contributed by atoms with Crippen molar-refractivity contribution in [2.75, 3.05) is 13.7 Å². The van der Waals surface area contributed by atoms with Crippen LogP contribution >= 0.6 is 0 Å². The third-order valence-electron chi connectivity index (χ3n) is 2.73. The number of hydrogen-bond acceptors (Lipinski definition) is 5. The lowest BCUT2D eigenvalue weighted by Gasteiger charge is -2.04. The van der Waals surface area contributed by atoms with Crippen LogP contribution < -0.4 is 0 Å². The average molecular weight is 278 g/mol. The molecule has 0 aliphatic heterocycles. The van der Waals surface area contributed by atoms with Gasteiger partial charge in [0, 0.05) is 18.4 Å². The van der Waals surface area contributed by atoms with Crippen LogP contribution in [-0.4, -0.2) is 31.4 Å². The SMILES string of the molecule is CCOC(=O)c1ccc(C(=O)CCCC(=O)OC)cc1. The summed E-state index contributed by atoms with van der Waals surface area (Å²) in [5.74, 6) is -0.794. The molecule has 1 aromatic rings. The van der Waals surface area contributed by atoms with Crippen LogP contribution in [-0.2, 0) is 14.3 Å². The van der Waals surface area contributed by atoms with E-state index in [9.17, 15) is 14.4 Å². The van der Waals surface area contributed by atoms with Crippen molar-refractivity contribution >= 4 is 17.7 Å². The van der Waals surface area contributed by atoms with Crippen molar-refractivity contribution in [1.29, 1.82) is 0 Å². The Bertz CT molecular complexity index is 476. The maximum Gasteiger partial charge on any atom is 0.338 e. The summed E-state index contributed by atoms with van der Waals surface area (Å²) in [6.45, 7) is 2.05. The van der Waals surface area contributed by atoms with Crippen LogP contribution in [0.25, 0.3) is 0 Å². The first-order valence-corrected chi connectivity index (χ1v) is 6.45. The van der Waals surface area contributed by atoms with Gasteiger partial charge in [0.05, 0.1) is 19.3 Å². The van der Waals surface area contributed by atoms with Crippen molar-refractivity contribution in [3.05, 3.63) is 35.4 Å². The van der Waals surface area contributed by atoms with Crippen molar-refractivity contribution in [2.45, 2.75) is 26.2 Å². The smallest absolute Gasteiger partial charge is 0.338 e. The molecule has 0 bridgehead atoms. The molecule has 1 aromatic carbocycles. The minimum atomic E-state index is -0.405. The number of esters is 2. The lowest BCUT2D eigenvalue weighted by atomic mass is 10.0. The van der Waals surface area contributed by atoms with E-state index in [2.05, 4.69) is 4.74 Å². The van der Waals surface area contributed by atoms with Gasteiger partial charge in [-0.05, 0) is 25.5 Å². The second-order valence-electron chi connectivity index (χ2n) is 4.15. The van der Waals surface area contributed by atoms with Gasteiger partial charge in [-0.3, -0.25) is 9.59 Å². The molecule has 0 N–H and O–H groups in total. The fourth-order valence-electron chi connectivity index (χ4n) is 1.65. The predicted octanol–water partition coefficient (Wildman–Crippen LogP) is 2.39. The van der Waals surface area contributed by atoms with Crippen LogP contribution in [0, 0.1) is 0 Å². The molecule has 0 spiro atoms. The number of rotatable bonds is 7. The van der Waals surface area contributed by atoms with Crippen LogP contribution in [0.5, 0.6) is 0 Å². The molecular formula is C15H18O5. The summed E-state index contributed by atoms with van der Waals surface area (Å²) < 4.78 is 9.36. The van der Waals surface area contributed by atoms with Crippen molar-refractivity contribution in [3.63, 3.8) is 0 Å². The Morgan fingerprint density at radius 1 is 1.00 bits per heavy atom.